The molecule has 3 N–H and O–H groups in total. The van der Waals surface area contributed by atoms with Gasteiger partial charge in [-0.3, -0.25) is 4.79 Å². The van der Waals surface area contributed by atoms with Gasteiger partial charge in [0.25, 0.3) is 5.56 Å². The van der Waals surface area contributed by atoms with Crippen LogP contribution in [0.15, 0.2) is 10.9 Å². The van der Waals surface area contributed by atoms with Crippen LogP contribution in [0.5, 0.6) is 0 Å². The third-order valence-corrected chi connectivity index (χ3v) is 2.43. The van der Waals surface area contributed by atoms with E-state index in [0.29, 0.717) is 5.56 Å². The highest BCUT2D eigenvalue weighted by molar-refractivity contribution is 5.49. The minimum Gasteiger partial charge on any atom is -0.394 e. The van der Waals surface area contributed by atoms with Crippen molar-refractivity contribution in [3.05, 3.63) is 27.7 Å². The lowest BCUT2D eigenvalue weighted by molar-refractivity contribution is -0.141. The zero-order valence-electron chi connectivity index (χ0n) is 7.69. The fourth-order valence-corrected chi connectivity index (χ4v) is 1.47. The van der Waals surface area contributed by atoms with Crippen molar-refractivity contribution >= 4 is 5.69 Å². The Balaban J connectivity index is 2.56. The van der Waals surface area contributed by atoms with Gasteiger partial charge in [-0.05, 0) is 30.4 Å². The third-order valence-electron chi connectivity index (χ3n) is 2.43. The summed E-state index contributed by atoms with van der Waals surface area (Å²) in [4.78, 5) is 12.9. The number of halogens is 3. The highest BCUT2D eigenvalue weighted by Crippen LogP contribution is 2.43. The van der Waals surface area contributed by atoms with Crippen LogP contribution in [0, 0.1) is 0 Å². The molecule has 0 bridgehead atoms. The highest BCUT2D eigenvalue weighted by Gasteiger charge is 2.35. The van der Waals surface area contributed by atoms with Crippen molar-refractivity contribution in [3.63, 3.8) is 0 Å². The number of hydrogen-bond donors (Lipinski definition) is 2. The second kappa shape index (κ2) is 3.01. The van der Waals surface area contributed by atoms with Crippen molar-refractivity contribution in [2.24, 2.45) is 0 Å². The maximum Gasteiger partial charge on any atom is 0.431 e. The number of aromatic amines is 1. The van der Waals surface area contributed by atoms with E-state index in [1.165, 1.54) is 0 Å². The molecule has 0 radical (unpaired) electrons. The van der Waals surface area contributed by atoms with E-state index in [4.69, 9.17) is 5.73 Å². The second-order valence-electron chi connectivity index (χ2n) is 3.65. The van der Waals surface area contributed by atoms with E-state index in [-0.39, 0.29) is 11.6 Å². The topological polar surface area (TPSA) is 58.9 Å². The molecule has 15 heavy (non-hydrogen) atoms. The van der Waals surface area contributed by atoms with Gasteiger partial charge in [0.15, 0.2) is 0 Å². The Morgan fingerprint density at radius 3 is 2.47 bits per heavy atom. The van der Waals surface area contributed by atoms with E-state index in [0.717, 1.165) is 18.9 Å². The van der Waals surface area contributed by atoms with Gasteiger partial charge < -0.3 is 10.7 Å². The predicted octanol–water partition coefficient (Wildman–Crippen LogP) is 1.85. The zero-order chi connectivity index (χ0) is 11.2. The molecule has 0 amide bonds. The Hall–Kier alpha value is -1.46. The quantitative estimate of drug-likeness (QED) is 0.755. The van der Waals surface area contributed by atoms with Crippen LogP contribution in [-0.4, -0.2) is 4.98 Å². The highest BCUT2D eigenvalue weighted by atomic mass is 19.4. The third kappa shape index (κ3) is 1.84. The summed E-state index contributed by atoms with van der Waals surface area (Å²) in [6, 6.07) is 0.939. The molecule has 0 atom stereocenters. The average Bonchev–Trinajstić information content (AvgIpc) is 2.90. The lowest BCUT2D eigenvalue weighted by Crippen LogP contribution is -2.20. The lowest BCUT2D eigenvalue weighted by Gasteiger charge is -2.09. The fourth-order valence-electron chi connectivity index (χ4n) is 1.47. The average molecular weight is 218 g/mol. The molecule has 6 heteroatoms. The number of alkyl halides is 3. The lowest BCUT2D eigenvalue weighted by atomic mass is 10.1. The van der Waals surface area contributed by atoms with Crippen LogP contribution in [0.4, 0.5) is 18.9 Å². The Morgan fingerprint density at radius 2 is 2.00 bits per heavy atom. The number of nitrogens with two attached hydrogens (primary N) is 1. The molecule has 0 spiro atoms. The van der Waals surface area contributed by atoms with E-state index in [9.17, 15) is 18.0 Å². The van der Waals surface area contributed by atoms with Crippen LogP contribution in [0.1, 0.15) is 30.0 Å². The van der Waals surface area contributed by atoms with Gasteiger partial charge in [0.05, 0.1) is 0 Å². The van der Waals surface area contributed by atoms with Crippen LogP contribution in [0.25, 0.3) is 0 Å². The first-order chi connectivity index (χ1) is 6.89. The Kier molecular flexibility index (Phi) is 2.02. The number of hydrogen-bond acceptors (Lipinski definition) is 2. The van der Waals surface area contributed by atoms with Gasteiger partial charge in [0.1, 0.15) is 11.4 Å². The minimum absolute atomic E-state index is 0.0217. The van der Waals surface area contributed by atoms with Crippen molar-refractivity contribution in [2.75, 3.05) is 5.73 Å². The molecule has 0 aromatic carbocycles. The van der Waals surface area contributed by atoms with Gasteiger partial charge >= 0.3 is 6.18 Å². The fraction of sp³-hybridized carbons (Fsp3) is 0.444. The van der Waals surface area contributed by atoms with E-state index in [2.05, 4.69) is 0 Å². The summed E-state index contributed by atoms with van der Waals surface area (Å²) in [7, 11) is 0. The molecule has 82 valence electrons. The van der Waals surface area contributed by atoms with Gasteiger partial charge in [-0.15, -0.1) is 0 Å². The predicted molar refractivity (Wildman–Crippen MR) is 48.5 cm³/mol. The minimum atomic E-state index is -4.53. The summed E-state index contributed by atoms with van der Waals surface area (Å²) in [5, 5.41) is 0. The van der Waals surface area contributed by atoms with Crippen molar-refractivity contribution in [3.8, 4) is 0 Å². The number of nitrogen functional groups attached to an aromatic ring is 1. The number of nitrogens with one attached hydrogen (secondary N) is 1. The van der Waals surface area contributed by atoms with Crippen molar-refractivity contribution in [1.82, 2.24) is 4.98 Å². The Bertz CT molecular complexity index is 446. The van der Waals surface area contributed by atoms with Gasteiger partial charge in [0.2, 0.25) is 0 Å². The number of aromatic nitrogens is 1. The Morgan fingerprint density at radius 1 is 1.40 bits per heavy atom. The summed E-state index contributed by atoms with van der Waals surface area (Å²) in [6.45, 7) is 0. The largest absolute Gasteiger partial charge is 0.431 e. The number of H-pyrrole nitrogens is 1. The molecular weight excluding hydrogens is 209 g/mol. The number of rotatable bonds is 1. The smallest absolute Gasteiger partial charge is 0.394 e. The van der Waals surface area contributed by atoms with Crippen molar-refractivity contribution < 1.29 is 13.2 Å². The first-order valence-corrected chi connectivity index (χ1v) is 4.49. The molecule has 0 unspecified atom stereocenters. The molecule has 0 aliphatic heterocycles. The number of pyridine rings is 1. The summed E-state index contributed by atoms with van der Waals surface area (Å²) in [6.07, 6.45) is -2.94. The molecule has 1 aromatic heterocycles. The van der Waals surface area contributed by atoms with E-state index in [1.807, 2.05) is 0 Å². The van der Waals surface area contributed by atoms with Crippen molar-refractivity contribution in [2.45, 2.75) is 24.9 Å². The standard InChI is InChI=1S/C9H9F3N2O/c10-9(11,12)6-3-5(4-1-2-4)7(13)8(15)14-6/h3-4H,1-2,13H2,(H,14,15). The van der Waals surface area contributed by atoms with Crippen LogP contribution < -0.4 is 11.3 Å². The van der Waals surface area contributed by atoms with Gasteiger partial charge in [0, 0.05) is 0 Å². The molecule has 1 aliphatic carbocycles. The summed E-state index contributed by atoms with van der Waals surface area (Å²) >= 11 is 0. The molecule has 1 aliphatic rings. The molecule has 1 fully saturated rings. The van der Waals surface area contributed by atoms with Gasteiger partial charge in [-0.25, -0.2) is 0 Å². The molecular formula is C9H9F3N2O. The zero-order valence-corrected chi connectivity index (χ0v) is 7.69. The monoisotopic (exact) mass is 218 g/mol. The van der Waals surface area contributed by atoms with Crippen LogP contribution in [-0.2, 0) is 6.18 Å². The molecule has 1 aromatic rings. The molecule has 1 saturated carbocycles. The van der Waals surface area contributed by atoms with E-state index >= 15 is 0 Å². The summed E-state index contributed by atoms with van der Waals surface area (Å²) in [5.41, 5.74) is 3.78. The SMILES string of the molecule is Nc1c(C2CC2)cc(C(F)(F)F)[nH]c1=O. The number of anilines is 1. The Labute approximate surface area is 83.1 Å². The normalized spacial score (nSPS) is 16.7. The summed E-state index contributed by atoms with van der Waals surface area (Å²) in [5.74, 6) is 0.0217. The van der Waals surface area contributed by atoms with Gasteiger partial charge in [-0.2, -0.15) is 13.2 Å². The van der Waals surface area contributed by atoms with Crippen molar-refractivity contribution in [1.29, 1.82) is 0 Å². The molecule has 1 heterocycles. The van der Waals surface area contributed by atoms with E-state index in [1.54, 1.807) is 4.98 Å². The maximum absolute atomic E-state index is 12.4. The molecule has 0 saturated heterocycles. The van der Waals surface area contributed by atoms with Crippen LogP contribution in [0.3, 0.4) is 0 Å². The first kappa shape index (κ1) is 10.1. The van der Waals surface area contributed by atoms with Gasteiger partial charge in [-0.1, -0.05) is 0 Å². The van der Waals surface area contributed by atoms with Crippen LogP contribution >= 0.6 is 0 Å². The first-order valence-electron chi connectivity index (χ1n) is 4.49. The maximum atomic E-state index is 12.4. The summed E-state index contributed by atoms with van der Waals surface area (Å²) < 4.78 is 37.1. The van der Waals surface area contributed by atoms with Crippen LogP contribution in [0.2, 0.25) is 0 Å². The molecule has 2 rings (SSSR count). The van der Waals surface area contributed by atoms with E-state index < -0.39 is 17.4 Å². The second-order valence-corrected chi connectivity index (χ2v) is 3.65. The molecule has 3 nitrogen and oxygen atoms in total.